The maximum Gasteiger partial charge on any atom is 0.223 e. The average Bonchev–Trinajstić information content (AvgIpc) is 2.29. The van der Waals surface area contributed by atoms with Crippen LogP contribution in [0.15, 0.2) is 0 Å². The SMILES string of the molecule is CCC(CCO)NC(=O)C1CCCCC1. The van der Waals surface area contributed by atoms with Crippen molar-refractivity contribution in [3.05, 3.63) is 0 Å². The topological polar surface area (TPSA) is 49.3 Å². The van der Waals surface area contributed by atoms with E-state index in [0.29, 0.717) is 6.42 Å². The molecular formula is C12H23NO2. The molecule has 1 aliphatic rings. The minimum atomic E-state index is 0.156. The summed E-state index contributed by atoms with van der Waals surface area (Å²) in [6.45, 7) is 2.20. The van der Waals surface area contributed by atoms with Gasteiger partial charge in [0.1, 0.15) is 0 Å². The second kappa shape index (κ2) is 6.83. The normalized spacial score (nSPS) is 19.9. The molecule has 0 aromatic heterocycles. The standard InChI is InChI=1S/C12H23NO2/c1-2-11(8-9-14)13-12(15)10-6-4-3-5-7-10/h10-11,14H,2-9H2,1H3,(H,13,15). The van der Waals surface area contributed by atoms with Gasteiger partial charge in [0, 0.05) is 18.6 Å². The van der Waals surface area contributed by atoms with E-state index in [2.05, 4.69) is 5.32 Å². The first-order valence-electron chi connectivity index (χ1n) is 6.19. The zero-order valence-corrected chi connectivity index (χ0v) is 9.67. The Bertz CT molecular complexity index is 188. The van der Waals surface area contributed by atoms with Crippen molar-refractivity contribution in [2.45, 2.75) is 57.9 Å². The molecule has 1 aliphatic carbocycles. The van der Waals surface area contributed by atoms with Crippen LogP contribution in [0.2, 0.25) is 0 Å². The average molecular weight is 213 g/mol. The Balaban J connectivity index is 2.31. The van der Waals surface area contributed by atoms with Gasteiger partial charge in [-0.15, -0.1) is 0 Å². The zero-order chi connectivity index (χ0) is 11.1. The van der Waals surface area contributed by atoms with Gasteiger partial charge in [-0.2, -0.15) is 0 Å². The summed E-state index contributed by atoms with van der Waals surface area (Å²) < 4.78 is 0. The molecule has 0 aliphatic heterocycles. The van der Waals surface area contributed by atoms with Gasteiger partial charge in [0.15, 0.2) is 0 Å². The lowest BCUT2D eigenvalue weighted by Crippen LogP contribution is -2.39. The molecule has 0 heterocycles. The van der Waals surface area contributed by atoms with E-state index >= 15 is 0 Å². The summed E-state index contributed by atoms with van der Waals surface area (Å²) in [5, 5.41) is 11.9. The van der Waals surface area contributed by atoms with Crippen molar-refractivity contribution in [3.8, 4) is 0 Å². The van der Waals surface area contributed by atoms with Crippen molar-refractivity contribution < 1.29 is 9.90 Å². The Kier molecular flexibility index (Phi) is 5.69. The van der Waals surface area contributed by atoms with Gasteiger partial charge in [-0.3, -0.25) is 4.79 Å². The smallest absolute Gasteiger partial charge is 0.223 e. The molecule has 0 saturated heterocycles. The molecule has 0 aromatic carbocycles. The Morgan fingerprint density at radius 2 is 2.07 bits per heavy atom. The lowest BCUT2D eigenvalue weighted by Gasteiger charge is -2.24. The monoisotopic (exact) mass is 213 g/mol. The highest BCUT2D eigenvalue weighted by molar-refractivity contribution is 5.78. The molecule has 3 nitrogen and oxygen atoms in total. The van der Waals surface area contributed by atoms with Crippen LogP contribution >= 0.6 is 0 Å². The summed E-state index contributed by atoms with van der Waals surface area (Å²) in [6, 6.07) is 0.157. The van der Waals surface area contributed by atoms with E-state index in [9.17, 15) is 4.79 Å². The van der Waals surface area contributed by atoms with Gasteiger partial charge in [0.2, 0.25) is 5.91 Å². The van der Waals surface area contributed by atoms with Crippen molar-refractivity contribution in [2.75, 3.05) is 6.61 Å². The summed E-state index contributed by atoms with van der Waals surface area (Å²) >= 11 is 0. The maximum atomic E-state index is 11.8. The van der Waals surface area contributed by atoms with E-state index in [-0.39, 0.29) is 24.5 Å². The Morgan fingerprint density at radius 1 is 1.40 bits per heavy atom. The van der Waals surface area contributed by atoms with Crippen molar-refractivity contribution in [1.29, 1.82) is 0 Å². The molecule has 0 spiro atoms. The number of aliphatic hydroxyl groups excluding tert-OH is 1. The number of aliphatic hydroxyl groups is 1. The molecule has 1 saturated carbocycles. The molecule has 88 valence electrons. The Labute approximate surface area is 92.3 Å². The molecule has 1 amide bonds. The third-order valence-electron chi connectivity index (χ3n) is 3.29. The largest absolute Gasteiger partial charge is 0.396 e. The van der Waals surface area contributed by atoms with Crippen molar-refractivity contribution in [1.82, 2.24) is 5.32 Å². The molecule has 15 heavy (non-hydrogen) atoms. The van der Waals surface area contributed by atoms with Crippen molar-refractivity contribution >= 4 is 5.91 Å². The van der Waals surface area contributed by atoms with E-state index in [0.717, 1.165) is 19.3 Å². The fourth-order valence-electron chi connectivity index (χ4n) is 2.22. The summed E-state index contributed by atoms with van der Waals surface area (Å²) in [6.07, 6.45) is 7.32. The van der Waals surface area contributed by atoms with E-state index < -0.39 is 0 Å². The van der Waals surface area contributed by atoms with Crippen LogP contribution in [0.25, 0.3) is 0 Å². The first-order valence-corrected chi connectivity index (χ1v) is 6.19. The van der Waals surface area contributed by atoms with Crippen LogP contribution in [0.1, 0.15) is 51.9 Å². The van der Waals surface area contributed by atoms with Gasteiger partial charge >= 0.3 is 0 Å². The summed E-state index contributed by atoms with van der Waals surface area (Å²) in [5.74, 6) is 0.432. The van der Waals surface area contributed by atoms with E-state index in [1.54, 1.807) is 0 Å². The van der Waals surface area contributed by atoms with Gasteiger partial charge in [-0.05, 0) is 25.7 Å². The molecule has 1 atom stereocenters. The summed E-state index contributed by atoms with van der Waals surface area (Å²) in [7, 11) is 0. The highest BCUT2D eigenvalue weighted by atomic mass is 16.3. The van der Waals surface area contributed by atoms with Crippen LogP contribution in [0.4, 0.5) is 0 Å². The maximum absolute atomic E-state index is 11.8. The highest BCUT2D eigenvalue weighted by Gasteiger charge is 2.22. The van der Waals surface area contributed by atoms with Crippen LogP contribution in [0.5, 0.6) is 0 Å². The fraction of sp³-hybridized carbons (Fsp3) is 0.917. The van der Waals surface area contributed by atoms with Crippen molar-refractivity contribution in [2.24, 2.45) is 5.92 Å². The van der Waals surface area contributed by atoms with Gasteiger partial charge in [-0.1, -0.05) is 26.2 Å². The van der Waals surface area contributed by atoms with Gasteiger partial charge < -0.3 is 10.4 Å². The van der Waals surface area contributed by atoms with Gasteiger partial charge in [-0.25, -0.2) is 0 Å². The van der Waals surface area contributed by atoms with Crippen LogP contribution in [-0.4, -0.2) is 23.7 Å². The number of hydrogen-bond donors (Lipinski definition) is 2. The minimum Gasteiger partial charge on any atom is -0.396 e. The number of rotatable bonds is 5. The first kappa shape index (κ1) is 12.5. The van der Waals surface area contributed by atoms with E-state index in [1.807, 2.05) is 6.92 Å². The Hall–Kier alpha value is -0.570. The summed E-state index contributed by atoms with van der Waals surface area (Å²) in [5.41, 5.74) is 0. The number of amides is 1. The number of hydrogen-bond acceptors (Lipinski definition) is 2. The quantitative estimate of drug-likeness (QED) is 0.732. The number of nitrogens with one attached hydrogen (secondary N) is 1. The summed E-state index contributed by atoms with van der Waals surface area (Å²) in [4.78, 5) is 11.8. The first-order chi connectivity index (χ1) is 7.27. The van der Waals surface area contributed by atoms with E-state index in [4.69, 9.17) is 5.11 Å². The third kappa shape index (κ3) is 4.20. The highest BCUT2D eigenvalue weighted by Crippen LogP contribution is 2.23. The van der Waals surface area contributed by atoms with Crippen LogP contribution in [-0.2, 0) is 4.79 Å². The Morgan fingerprint density at radius 3 is 2.60 bits per heavy atom. The fourth-order valence-corrected chi connectivity index (χ4v) is 2.22. The van der Waals surface area contributed by atoms with Crippen LogP contribution in [0.3, 0.4) is 0 Å². The van der Waals surface area contributed by atoms with E-state index in [1.165, 1.54) is 19.3 Å². The minimum absolute atomic E-state index is 0.156. The molecule has 1 rings (SSSR count). The molecule has 1 unspecified atom stereocenters. The lowest BCUT2D eigenvalue weighted by atomic mass is 9.88. The third-order valence-corrected chi connectivity index (χ3v) is 3.29. The molecule has 3 heteroatoms. The second-order valence-electron chi connectivity index (χ2n) is 4.46. The lowest BCUT2D eigenvalue weighted by molar-refractivity contribution is -0.126. The molecule has 0 aromatic rings. The van der Waals surface area contributed by atoms with Crippen LogP contribution in [0, 0.1) is 5.92 Å². The molecular weight excluding hydrogens is 190 g/mol. The van der Waals surface area contributed by atoms with Gasteiger partial charge in [0.05, 0.1) is 0 Å². The number of carbonyl (C=O) groups is 1. The number of carbonyl (C=O) groups excluding carboxylic acids is 1. The second-order valence-corrected chi connectivity index (χ2v) is 4.46. The van der Waals surface area contributed by atoms with Gasteiger partial charge in [0.25, 0.3) is 0 Å². The van der Waals surface area contributed by atoms with Crippen molar-refractivity contribution in [3.63, 3.8) is 0 Å². The zero-order valence-electron chi connectivity index (χ0n) is 9.67. The molecule has 1 fully saturated rings. The molecule has 2 N–H and O–H groups in total. The predicted octanol–water partition coefficient (Wildman–Crippen LogP) is 1.84. The molecule has 0 bridgehead atoms. The predicted molar refractivity (Wildman–Crippen MR) is 60.5 cm³/mol. The molecule has 0 radical (unpaired) electrons. The van der Waals surface area contributed by atoms with Crippen LogP contribution < -0.4 is 5.32 Å².